The normalized spacial score (nSPS) is 15.5. The van der Waals surface area contributed by atoms with Gasteiger partial charge in [0, 0.05) is 11.1 Å². The van der Waals surface area contributed by atoms with Crippen molar-refractivity contribution < 1.29 is 31.5 Å². The molecule has 0 aliphatic heterocycles. The Morgan fingerprint density at radius 3 is 2.44 bits per heavy atom. The molecule has 1 aliphatic rings. The fraction of sp³-hybridized carbons (Fsp3) is 0.429. The minimum absolute atomic E-state index is 0.101. The number of sulfonamides is 1. The standard InChI is InChI=1S/C28H29Cl2F3N2O4S2/c1-15(28(31,32)33)35-41(38,39)21-11-10-19(22(29)23(21)30)24-20(13-16-6-4-7-16)34-25(40-24)18-9-5-8-17(12-18)14-27(2,3)26(36)37/h5,8-12,15-16,35H,4,6-7,13-14H2,1-3H3,(H,36,37). The van der Waals surface area contributed by atoms with E-state index in [0.717, 1.165) is 42.1 Å². The number of carbonyl (C=O) groups is 1. The molecule has 41 heavy (non-hydrogen) atoms. The molecule has 0 bridgehead atoms. The van der Waals surface area contributed by atoms with Crippen LogP contribution in [0.15, 0.2) is 41.3 Å². The van der Waals surface area contributed by atoms with Gasteiger partial charge >= 0.3 is 12.1 Å². The fourth-order valence-electron chi connectivity index (χ4n) is 4.47. The molecule has 0 amide bonds. The number of nitrogens with zero attached hydrogens (tertiary/aromatic N) is 1. The van der Waals surface area contributed by atoms with Crippen LogP contribution in [0.5, 0.6) is 0 Å². The molecule has 6 nitrogen and oxygen atoms in total. The van der Waals surface area contributed by atoms with Gasteiger partial charge in [0.1, 0.15) is 15.9 Å². The molecule has 1 atom stereocenters. The Labute approximate surface area is 251 Å². The van der Waals surface area contributed by atoms with E-state index >= 15 is 0 Å². The maximum Gasteiger partial charge on any atom is 0.404 e. The van der Waals surface area contributed by atoms with Gasteiger partial charge in [0.2, 0.25) is 10.0 Å². The molecule has 1 unspecified atom stereocenters. The van der Waals surface area contributed by atoms with Crippen LogP contribution in [0.3, 0.4) is 0 Å². The second kappa shape index (κ2) is 11.8. The molecule has 1 fully saturated rings. The van der Waals surface area contributed by atoms with Crippen molar-refractivity contribution in [1.82, 2.24) is 9.71 Å². The highest BCUT2D eigenvalue weighted by molar-refractivity contribution is 7.89. The van der Waals surface area contributed by atoms with Crippen LogP contribution in [0, 0.1) is 11.3 Å². The lowest BCUT2D eigenvalue weighted by Gasteiger charge is -2.24. The van der Waals surface area contributed by atoms with Gasteiger partial charge in [-0.1, -0.05) is 66.7 Å². The number of hydrogen-bond donors (Lipinski definition) is 2. The molecule has 0 spiro atoms. The minimum Gasteiger partial charge on any atom is -0.481 e. The molecule has 0 saturated heterocycles. The summed E-state index contributed by atoms with van der Waals surface area (Å²) in [5, 5.41) is 9.73. The maximum atomic E-state index is 13.0. The van der Waals surface area contributed by atoms with E-state index in [4.69, 9.17) is 28.2 Å². The summed E-state index contributed by atoms with van der Waals surface area (Å²) in [5.74, 6) is -0.462. The zero-order chi connectivity index (χ0) is 30.3. The van der Waals surface area contributed by atoms with E-state index in [9.17, 15) is 31.5 Å². The van der Waals surface area contributed by atoms with Crippen LogP contribution >= 0.6 is 34.5 Å². The van der Waals surface area contributed by atoms with Gasteiger partial charge in [0.25, 0.3) is 0 Å². The molecule has 222 valence electrons. The van der Waals surface area contributed by atoms with E-state index in [0.29, 0.717) is 41.1 Å². The third-order valence-electron chi connectivity index (χ3n) is 7.21. The summed E-state index contributed by atoms with van der Waals surface area (Å²) in [6.45, 7) is 4.02. The van der Waals surface area contributed by atoms with Gasteiger partial charge in [-0.05, 0) is 57.2 Å². The van der Waals surface area contributed by atoms with Gasteiger partial charge in [-0.25, -0.2) is 13.4 Å². The number of aliphatic carboxylic acids is 1. The topological polar surface area (TPSA) is 96.4 Å². The molecular formula is C28H29Cl2F3N2O4S2. The Hall–Kier alpha value is -2.18. The molecule has 4 rings (SSSR count). The maximum absolute atomic E-state index is 13.0. The Kier molecular flexibility index (Phi) is 9.16. The summed E-state index contributed by atoms with van der Waals surface area (Å²) in [6, 6.07) is 7.75. The van der Waals surface area contributed by atoms with Crippen LogP contribution < -0.4 is 4.72 Å². The van der Waals surface area contributed by atoms with Crippen LogP contribution in [0.2, 0.25) is 10.0 Å². The molecule has 2 N–H and O–H groups in total. The van der Waals surface area contributed by atoms with E-state index in [1.54, 1.807) is 18.6 Å². The number of benzene rings is 2. The smallest absolute Gasteiger partial charge is 0.404 e. The van der Waals surface area contributed by atoms with Crippen molar-refractivity contribution in [3.05, 3.63) is 57.7 Å². The summed E-state index contributed by atoms with van der Waals surface area (Å²) in [5.41, 5.74) is 1.87. The first-order chi connectivity index (χ1) is 19.0. The molecule has 1 aliphatic carbocycles. The van der Waals surface area contributed by atoms with Crippen LogP contribution in [0.4, 0.5) is 13.2 Å². The first kappa shape index (κ1) is 31.7. The van der Waals surface area contributed by atoms with Gasteiger partial charge < -0.3 is 5.11 Å². The molecule has 3 aromatic rings. The lowest BCUT2D eigenvalue weighted by atomic mass is 9.82. The number of nitrogens with one attached hydrogen (secondary N) is 1. The van der Waals surface area contributed by atoms with Crippen LogP contribution in [0.25, 0.3) is 21.0 Å². The van der Waals surface area contributed by atoms with Gasteiger partial charge in [0.15, 0.2) is 0 Å². The fourth-order valence-corrected chi connectivity index (χ4v) is 7.75. The monoisotopic (exact) mass is 648 g/mol. The largest absolute Gasteiger partial charge is 0.481 e. The third-order valence-corrected chi connectivity index (χ3v) is 11.0. The van der Waals surface area contributed by atoms with Crippen molar-refractivity contribution in [2.75, 3.05) is 0 Å². The molecule has 1 heterocycles. The Morgan fingerprint density at radius 1 is 1.17 bits per heavy atom. The number of thiazole rings is 1. The average molecular weight is 650 g/mol. The molecule has 1 saturated carbocycles. The molecular weight excluding hydrogens is 620 g/mol. The second-order valence-corrected chi connectivity index (χ2v) is 14.4. The van der Waals surface area contributed by atoms with Gasteiger partial charge in [-0.2, -0.15) is 17.9 Å². The van der Waals surface area contributed by atoms with Crippen molar-refractivity contribution in [3.63, 3.8) is 0 Å². The van der Waals surface area contributed by atoms with E-state index in [2.05, 4.69) is 0 Å². The van der Waals surface area contributed by atoms with Crippen molar-refractivity contribution in [1.29, 1.82) is 0 Å². The lowest BCUT2D eigenvalue weighted by Crippen LogP contribution is -2.43. The predicted octanol–water partition coefficient (Wildman–Crippen LogP) is 8.01. The van der Waals surface area contributed by atoms with Crippen LogP contribution in [-0.4, -0.2) is 36.7 Å². The summed E-state index contributed by atoms with van der Waals surface area (Å²) in [6.07, 6.45) is -0.542. The molecule has 0 radical (unpaired) electrons. The zero-order valence-electron chi connectivity index (χ0n) is 22.5. The first-order valence-corrected chi connectivity index (χ1v) is 15.9. The van der Waals surface area contributed by atoms with E-state index in [1.165, 1.54) is 17.4 Å². The quantitative estimate of drug-likeness (QED) is 0.232. The summed E-state index contributed by atoms with van der Waals surface area (Å²) >= 11 is 14.3. The third kappa shape index (κ3) is 7.07. The van der Waals surface area contributed by atoms with Crippen LogP contribution in [0.1, 0.15) is 51.3 Å². The van der Waals surface area contributed by atoms with E-state index in [1.807, 2.05) is 24.3 Å². The average Bonchev–Trinajstić information content (AvgIpc) is 3.25. The van der Waals surface area contributed by atoms with Crippen LogP contribution in [-0.2, 0) is 27.7 Å². The van der Waals surface area contributed by atoms with Crippen molar-refractivity contribution in [3.8, 4) is 21.0 Å². The summed E-state index contributed by atoms with van der Waals surface area (Å²) in [4.78, 5) is 16.7. The van der Waals surface area contributed by atoms with E-state index in [-0.39, 0.29) is 10.0 Å². The Bertz CT molecular complexity index is 1570. The molecule has 1 aromatic heterocycles. The SMILES string of the molecule is CC(NS(=O)(=O)c1ccc(-c2sc(-c3cccc(CC(C)(C)C(=O)O)c3)nc2CC2CCC2)c(Cl)c1Cl)C(F)(F)F. The van der Waals surface area contributed by atoms with Crippen molar-refractivity contribution in [2.24, 2.45) is 11.3 Å². The number of aromatic nitrogens is 1. The first-order valence-electron chi connectivity index (χ1n) is 12.9. The molecule has 13 heteroatoms. The van der Waals surface area contributed by atoms with Gasteiger partial charge in [0.05, 0.1) is 26.0 Å². The number of hydrogen-bond acceptors (Lipinski definition) is 5. The highest BCUT2D eigenvalue weighted by Gasteiger charge is 2.39. The number of rotatable bonds is 10. The van der Waals surface area contributed by atoms with Crippen molar-refractivity contribution in [2.45, 2.75) is 70.0 Å². The molecule has 2 aromatic carbocycles. The van der Waals surface area contributed by atoms with Gasteiger partial charge in [-0.15, -0.1) is 11.3 Å². The highest BCUT2D eigenvalue weighted by Crippen LogP contribution is 2.45. The van der Waals surface area contributed by atoms with Crippen molar-refractivity contribution >= 4 is 50.5 Å². The van der Waals surface area contributed by atoms with Gasteiger partial charge in [-0.3, -0.25) is 4.79 Å². The van der Waals surface area contributed by atoms with E-state index < -0.39 is 38.5 Å². The predicted molar refractivity (Wildman–Crippen MR) is 155 cm³/mol. The second-order valence-electron chi connectivity index (χ2n) is 11.0. The Balaban J connectivity index is 1.74. The number of carboxylic acids is 1. The summed E-state index contributed by atoms with van der Waals surface area (Å²) in [7, 11) is -4.62. The Morgan fingerprint density at radius 2 is 1.85 bits per heavy atom. The number of carboxylic acid groups (broad SMARTS) is 1. The minimum atomic E-state index is -4.78. The summed E-state index contributed by atoms with van der Waals surface area (Å²) < 4.78 is 66.1. The zero-order valence-corrected chi connectivity index (χ0v) is 25.6. The lowest BCUT2D eigenvalue weighted by molar-refractivity contribution is -0.147. The number of alkyl halides is 3. The highest BCUT2D eigenvalue weighted by atomic mass is 35.5. The number of halogens is 5.